The van der Waals surface area contributed by atoms with Crippen LogP contribution in [0.1, 0.15) is 22.3 Å². The van der Waals surface area contributed by atoms with E-state index in [0.29, 0.717) is 20.1 Å². The summed E-state index contributed by atoms with van der Waals surface area (Å²) in [6, 6.07) is 27.8. The van der Waals surface area contributed by atoms with Gasteiger partial charge < -0.3 is 0 Å². The molecule has 0 bridgehead atoms. The first kappa shape index (κ1) is 22.7. The minimum atomic E-state index is 0.631. The van der Waals surface area contributed by atoms with Gasteiger partial charge in [-0.1, -0.05) is 131 Å². The predicted octanol–water partition coefficient (Wildman–Crippen LogP) is 10.3. The second-order valence-corrected chi connectivity index (χ2v) is 8.93. The molecule has 4 aromatic rings. The van der Waals surface area contributed by atoms with Crippen LogP contribution in [0.15, 0.2) is 84.9 Å². The monoisotopic (exact) mass is 494 g/mol. The molecule has 0 radical (unpaired) electrons. The van der Waals surface area contributed by atoms with E-state index in [1.807, 2.05) is 48.6 Å². The topological polar surface area (TPSA) is 0 Å². The zero-order valence-corrected chi connectivity index (χ0v) is 19.9. The van der Waals surface area contributed by atoms with Gasteiger partial charge in [0.05, 0.1) is 0 Å². The highest BCUT2D eigenvalue weighted by Gasteiger charge is 2.01. The summed E-state index contributed by atoms with van der Waals surface area (Å²) < 4.78 is 0. The van der Waals surface area contributed by atoms with Crippen molar-refractivity contribution < 1.29 is 0 Å². The Morgan fingerprint density at radius 2 is 0.781 bits per heavy atom. The summed E-state index contributed by atoms with van der Waals surface area (Å²) >= 11 is 24.4. The molecule has 32 heavy (non-hydrogen) atoms. The van der Waals surface area contributed by atoms with E-state index in [9.17, 15) is 0 Å². The average molecular weight is 496 g/mol. The van der Waals surface area contributed by atoms with Crippen LogP contribution in [0.2, 0.25) is 20.1 Å². The molecule has 0 amide bonds. The molecular formula is C28H18Cl4. The van der Waals surface area contributed by atoms with Gasteiger partial charge in [0.15, 0.2) is 0 Å². The van der Waals surface area contributed by atoms with Crippen molar-refractivity contribution in [1.29, 1.82) is 0 Å². The molecule has 0 unspecified atom stereocenters. The lowest BCUT2D eigenvalue weighted by atomic mass is 10.0. The molecule has 158 valence electrons. The minimum Gasteiger partial charge on any atom is -0.0843 e. The van der Waals surface area contributed by atoms with Crippen LogP contribution in [-0.2, 0) is 0 Å². The molecule has 0 spiro atoms. The highest BCUT2D eigenvalue weighted by Crippen LogP contribution is 2.26. The molecule has 0 saturated carbocycles. The van der Waals surface area contributed by atoms with E-state index in [2.05, 4.69) is 48.5 Å². The second kappa shape index (κ2) is 10.4. The molecule has 0 aliphatic carbocycles. The normalized spacial score (nSPS) is 11.5. The summed E-state index contributed by atoms with van der Waals surface area (Å²) in [7, 11) is 0. The first-order chi connectivity index (χ1) is 15.5. The van der Waals surface area contributed by atoms with E-state index < -0.39 is 0 Å². The zero-order valence-electron chi connectivity index (χ0n) is 16.9. The average Bonchev–Trinajstić information content (AvgIpc) is 2.79. The van der Waals surface area contributed by atoms with E-state index >= 15 is 0 Å². The molecule has 0 aliphatic heterocycles. The van der Waals surface area contributed by atoms with Gasteiger partial charge in [0.25, 0.3) is 0 Å². The molecule has 0 heterocycles. The number of hydrogen-bond donors (Lipinski definition) is 0. The van der Waals surface area contributed by atoms with Crippen LogP contribution < -0.4 is 0 Å². The van der Waals surface area contributed by atoms with Crippen LogP contribution in [-0.4, -0.2) is 0 Å². The maximum absolute atomic E-state index is 6.23. The fraction of sp³-hybridized carbons (Fsp3) is 0. The SMILES string of the molecule is Clc1ccc(C=Cc2ccc(-c3ccc(C=Cc4ccc(Cl)cc4Cl)cc3)cc2)c(Cl)c1. The standard InChI is InChI=1S/C28H18Cl4/c29-25-15-13-23(27(31)17-25)11-5-19-1-7-21(8-2-19)22-9-3-20(4-10-22)6-12-24-14-16-26(30)18-28(24)32/h1-18H. The molecule has 4 rings (SSSR count). The first-order valence-electron chi connectivity index (χ1n) is 9.95. The zero-order chi connectivity index (χ0) is 22.5. The lowest BCUT2D eigenvalue weighted by Crippen LogP contribution is -1.80. The fourth-order valence-corrected chi connectivity index (χ4v) is 4.16. The Hall–Kier alpha value is -2.48. The minimum absolute atomic E-state index is 0.631. The van der Waals surface area contributed by atoms with Crippen LogP contribution in [0, 0.1) is 0 Å². The third kappa shape index (κ3) is 5.85. The molecule has 4 heteroatoms. The van der Waals surface area contributed by atoms with Gasteiger partial charge in [0.1, 0.15) is 0 Å². The van der Waals surface area contributed by atoms with Crippen LogP contribution >= 0.6 is 46.4 Å². The van der Waals surface area contributed by atoms with Gasteiger partial charge in [0, 0.05) is 20.1 Å². The molecule has 0 saturated heterocycles. The summed E-state index contributed by atoms with van der Waals surface area (Å²) in [4.78, 5) is 0. The number of benzene rings is 4. The summed E-state index contributed by atoms with van der Waals surface area (Å²) in [6.45, 7) is 0. The van der Waals surface area contributed by atoms with Gasteiger partial charge in [0.2, 0.25) is 0 Å². The Bertz CT molecular complexity index is 1180. The Morgan fingerprint density at radius 1 is 0.406 bits per heavy atom. The van der Waals surface area contributed by atoms with Gasteiger partial charge in [-0.2, -0.15) is 0 Å². The lowest BCUT2D eigenvalue weighted by Gasteiger charge is -2.04. The fourth-order valence-electron chi connectivity index (χ4n) is 3.22. The Balaban J connectivity index is 1.45. The van der Waals surface area contributed by atoms with Crippen molar-refractivity contribution in [2.45, 2.75) is 0 Å². The maximum atomic E-state index is 6.23. The Labute approximate surface area is 208 Å². The molecule has 0 aliphatic rings. The smallest absolute Gasteiger partial charge is 0.0493 e. The highest BCUT2D eigenvalue weighted by atomic mass is 35.5. The molecule has 0 N–H and O–H groups in total. The summed E-state index contributed by atoms with van der Waals surface area (Å²) in [5, 5.41) is 2.54. The third-order valence-corrected chi connectivity index (χ3v) is 6.12. The maximum Gasteiger partial charge on any atom is 0.0493 e. The quantitative estimate of drug-likeness (QED) is 0.241. The number of halogens is 4. The predicted molar refractivity (Wildman–Crippen MR) is 143 cm³/mol. The first-order valence-corrected chi connectivity index (χ1v) is 11.5. The highest BCUT2D eigenvalue weighted by molar-refractivity contribution is 6.36. The molecule has 4 aromatic carbocycles. The van der Waals surface area contributed by atoms with E-state index in [-0.39, 0.29) is 0 Å². The number of hydrogen-bond acceptors (Lipinski definition) is 0. The lowest BCUT2D eigenvalue weighted by molar-refractivity contribution is 1.58. The van der Waals surface area contributed by atoms with Gasteiger partial charge in [-0.3, -0.25) is 0 Å². The van der Waals surface area contributed by atoms with Crippen LogP contribution in [0.25, 0.3) is 35.4 Å². The van der Waals surface area contributed by atoms with Crippen molar-refractivity contribution >= 4 is 70.7 Å². The molecule has 0 atom stereocenters. The van der Waals surface area contributed by atoms with Gasteiger partial charge in [-0.25, -0.2) is 0 Å². The summed E-state index contributed by atoms with van der Waals surface area (Å²) in [5.74, 6) is 0. The Kier molecular flexibility index (Phi) is 7.40. The van der Waals surface area contributed by atoms with E-state index in [1.165, 1.54) is 0 Å². The molecule has 0 fully saturated rings. The van der Waals surface area contributed by atoms with Crippen molar-refractivity contribution in [1.82, 2.24) is 0 Å². The van der Waals surface area contributed by atoms with Crippen molar-refractivity contribution in [3.8, 4) is 11.1 Å². The second-order valence-electron chi connectivity index (χ2n) is 7.24. The summed E-state index contributed by atoms with van der Waals surface area (Å²) in [6.07, 6.45) is 8.05. The molecule has 0 aromatic heterocycles. The van der Waals surface area contributed by atoms with Crippen molar-refractivity contribution in [3.63, 3.8) is 0 Å². The van der Waals surface area contributed by atoms with Crippen molar-refractivity contribution in [2.75, 3.05) is 0 Å². The molecule has 0 nitrogen and oxygen atoms in total. The largest absolute Gasteiger partial charge is 0.0843 e. The summed E-state index contributed by atoms with van der Waals surface area (Å²) in [5.41, 5.74) is 6.37. The van der Waals surface area contributed by atoms with E-state index in [0.717, 1.165) is 33.4 Å². The van der Waals surface area contributed by atoms with Gasteiger partial charge in [-0.15, -0.1) is 0 Å². The van der Waals surface area contributed by atoms with Crippen LogP contribution in [0.4, 0.5) is 0 Å². The van der Waals surface area contributed by atoms with Crippen molar-refractivity contribution in [2.24, 2.45) is 0 Å². The van der Waals surface area contributed by atoms with E-state index in [1.54, 1.807) is 12.1 Å². The molecular weight excluding hydrogens is 478 g/mol. The van der Waals surface area contributed by atoms with Gasteiger partial charge in [-0.05, 0) is 57.6 Å². The Morgan fingerprint density at radius 3 is 1.12 bits per heavy atom. The van der Waals surface area contributed by atoms with Crippen molar-refractivity contribution in [3.05, 3.63) is 127 Å². The van der Waals surface area contributed by atoms with Crippen LogP contribution in [0.5, 0.6) is 0 Å². The van der Waals surface area contributed by atoms with E-state index in [4.69, 9.17) is 46.4 Å². The van der Waals surface area contributed by atoms with Crippen LogP contribution in [0.3, 0.4) is 0 Å². The number of rotatable bonds is 5. The third-order valence-electron chi connectivity index (χ3n) is 4.99. The van der Waals surface area contributed by atoms with Gasteiger partial charge >= 0.3 is 0 Å².